The molecule has 126 valence electrons. The molecule has 0 unspecified atom stereocenters. The molecule has 4 nitrogen and oxygen atoms in total. The van der Waals surface area contributed by atoms with Crippen molar-refractivity contribution in [1.29, 1.82) is 0 Å². The zero-order valence-electron chi connectivity index (χ0n) is 14.0. The molecule has 0 aromatic heterocycles. The van der Waals surface area contributed by atoms with E-state index in [0.29, 0.717) is 19.8 Å². The molecule has 3 atom stereocenters. The van der Waals surface area contributed by atoms with Gasteiger partial charge in [0.1, 0.15) is 6.10 Å². The van der Waals surface area contributed by atoms with E-state index in [2.05, 4.69) is 12.1 Å². The van der Waals surface area contributed by atoms with Crippen LogP contribution in [0.4, 0.5) is 0 Å². The second kappa shape index (κ2) is 6.54. The topological polar surface area (TPSA) is 38.8 Å². The summed E-state index contributed by atoms with van der Waals surface area (Å²) < 4.78 is 11.7. The van der Waals surface area contributed by atoms with Crippen LogP contribution >= 0.6 is 0 Å². The van der Waals surface area contributed by atoms with Gasteiger partial charge in [0.25, 0.3) is 5.91 Å². The van der Waals surface area contributed by atoms with Gasteiger partial charge >= 0.3 is 0 Å². The van der Waals surface area contributed by atoms with Crippen LogP contribution in [0.2, 0.25) is 0 Å². The van der Waals surface area contributed by atoms with Crippen LogP contribution in [0, 0.1) is 0 Å². The van der Waals surface area contributed by atoms with E-state index in [4.69, 9.17) is 9.47 Å². The highest BCUT2D eigenvalue weighted by molar-refractivity contribution is 5.98. The highest BCUT2D eigenvalue weighted by Gasteiger charge is 2.44. The Balaban J connectivity index is 1.58. The van der Waals surface area contributed by atoms with Crippen molar-refractivity contribution in [2.45, 2.75) is 38.0 Å². The summed E-state index contributed by atoms with van der Waals surface area (Å²) in [6.07, 6.45) is 2.05. The molecule has 4 rings (SSSR count). The lowest BCUT2D eigenvalue weighted by molar-refractivity contribution is -0.102. The van der Waals surface area contributed by atoms with E-state index in [1.54, 1.807) is 0 Å². The fourth-order valence-electron chi connectivity index (χ4n) is 4.05. The van der Waals surface area contributed by atoms with Gasteiger partial charge in [-0.2, -0.15) is 0 Å². The van der Waals surface area contributed by atoms with Crippen LogP contribution in [0.5, 0.6) is 0 Å². The van der Waals surface area contributed by atoms with Crippen LogP contribution < -0.4 is 0 Å². The Morgan fingerprint density at radius 1 is 1.21 bits per heavy atom. The van der Waals surface area contributed by atoms with Gasteiger partial charge in [-0.25, -0.2) is 0 Å². The fourth-order valence-corrected chi connectivity index (χ4v) is 4.05. The summed E-state index contributed by atoms with van der Waals surface area (Å²) in [5.41, 5.74) is 0.759. The Morgan fingerprint density at radius 2 is 2.04 bits per heavy atom. The maximum absolute atomic E-state index is 13.1. The fraction of sp³-hybridized carbons (Fsp3) is 0.450. The van der Waals surface area contributed by atoms with Gasteiger partial charge in [-0.3, -0.25) is 4.79 Å². The minimum Gasteiger partial charge on any atom is -0.376 e. The monoisotopic (exact) mass is 325 g/mol. The second-order valence-electron chi connectivity index (χ2n) is 6.53. The molecule has 2 aromatic carbocycles. The first-order chi connectivity index (χ1) is 11.8. The zero-order valence-corrected chi connectivity index (χ0v) is 14.0. The summed E-state index contributed by atoms with van der Waals surface area (Å²) in [6.45, 7) is 3.94. The molecule has 1 aliphatic carbocycles. The maximum Gasteiger partial charge on any atom is 0.254 e. The molecule has 2 aromatic rings. The Kier molecular flexibility index (Phi) is 4.25. The number of rotatable bonds is 3. The van der Waals surface area contributed by atoms with Crippen molar-refractivity contribution in [3.63, 3.8) is 0 Å². The van der Waals surface area contributed by atoms with Gasteiger partial charge < -0.3 is 14.4 Å². The van der Waals surface area contributed by atoms with Crippen molar-refractivity contribution in [3.8, 4) is 0 Å². The summed E-state index contributed by atoms with van der Waals surface area (Å²) in [4.78, 5) is 15.1. The van der Waals surface area contributed by atoms with Crippen LogP contribution in [0.15, 0.2) is 42.5 Å². The number of fused-ring (bicyclic) bond motifs is 2. The Labute approximate surface area is 142 Å². The zero-order chi connectivity index (χ0) is 16.5. The van der Waals surface area contributed by atoms with Gasteiger partial charge in [0.05, 0.1) is 18.8 Å². The molecule has 2 aliphatic rings. The highest BCUT2D eigenvalue weighted by atomic mass is 16.5. The van der Waals surface area contributed by atoms with E-state index in [0.717, 1.165) is 29.2 Å². The van der Waals surface area contributed by atoms with Gasteiger partial charge in [0.2, 0.25) is 0 Å². The SMILES string of the molecule is CCO[C@H]1CC[C@@H]2[C@@H]1OCCN2C(=O)c1ccc2ccccc2c1. The van der Waals surface area contributed by atoms with Gasteiger partial charge in [-0.15, -0.1) is 0 Å². The molecular weight excluding hydrogens is 302 g/mol. The lowest BCUT2D eigenvalue weighted by Gasteiger charge is -2.39. The van der Waals surface area contributed by atoms with Crippen LogP contribution in [-0.2, 0) is 9.47 Å². The Hall–Kier alpha value is -1.91. The minimum absolute atomic E-state index is 0.0168. The van der Waals surface area contributed by atoms with Gasteiger partial charge in [0.15, 0.2) is 0 Å². The molecule has 4 heteroatoms. The summed E-state index contributed by atoms with van der Waals surface area (Å²) in [7, 11) is 0. The molecular formula is C20H23NO3. The maximum atomic E-state index is 13.1. The smallest absolute Gasteiger partial charge is 0.254 e. The van der Waals surface area contributed by atoms with Crippen molar-refractivity contribution >= 4 is 16.7 Å². The van der Waals surface area contributed by atoms with Crippen molar-refractivity contribution in [2.24, 2.45) is 0 Å². The number of nitrogens with zero attached hydrogens (tertiary/aromatic N) is 1. The first-order valence-electron chi connectivity index (χ1n) is 8.81. The van der Waals surface area contributed by atoms with Crippen molar-refractivity contribution in [2.75, 3.05) is 19.8 Å². The number of morpholine rings is 1. The largest absolute Gasteiger partial charge is 0.376 e. The first kappa shape index (κ1) is 15.6. The van der Waals surface area contributed by atoms with Crippen molar-refractivity contribution in [1.82, 2.24) is 4.90 Å². The average Bonchev–Trinajstić information content (AvgIpc) is 3.04. The predicted molar refractivity (Wildman–Crippen MR) is 93.2 cm³/mol. The number of hydrogen-bond donors (Lipinski definition) is 0. The molecule has 0 radical (unpaired) electrons. The van der Waals surface area contributed by atoms with Crippen molar-refractivity contribution in [3.05, 3.63) is 48.0 Å². The van der Waals surface area contributed by atoms with Crippen LogP contribution in [-0.4, -0.2) is 48.8 Å². The molecule has 1 amide bonds. The van der Waals surface area contributed by atoms with Gasteiger partial charge in [-0.05, 0) is 42.7 Å². The summed E-state index contributed by atoms with van der Waals surface area (Å²) >= 11 is 0. The van der Waals surface area contributed by atoms with E-state index >= 15 is 0 Å². The van der Waals surface area contributed by atoms with E-state index < -0.39 is 0 Å². The average molecular weight is 325 g/mol. The van der Waals surface area contributed by atoms with Crippen molar-refractivity contribution < 1.29 is 14.3 Å². The lowest BCUT2D eigenvalue weighted by atomic mass is 10.0. The van der Waals surface area contributed by atoms with E-state index in [1.807, 2.05) is 42.2 Å². The van der Waals surface area contributed by atoms with Gasteiger partial charge in [0, 0.05) is 18.7 Å². The molecule has 0 N–H and O–H groups in total. The van der Waals surface area contributed by atoms with Gasteiger partial charge in [-0.1, -0.05) is 30.3 Å². The number of ether oxygens (including phenoxy) is 2. The molecule has 1 heterocycles. The number of carbonyl (C=O) groups is 1. The highest BCUT2D eigenvalue weighted by Crippen LogP contribution is 2.33. The molecule has 0 bridgehead atoms. The number of benzene rings is 2. The number of hydrogen-bond acceptors (Lipinski definition) is 3. The molecule has 1 saturated carbocycles. The van der Waals surface area contributed by atoms with Crippen LogP contribution in [0.3, 0.4) is 0 Å². The summed E-state index contributed by atoms with van der Waals surface area (Å²) in [6, 6.07) is 14.2. The molecule has 0 spiro atoms. The summed E-state index contributed by atoms with van der Waals surface area (Å²) in [5, 5.41) is 2.26. The standard InChI is InChI=1S/C20H23NO3/c1-2-23-18-10-9-17-19(18)24-12-11-21(17)20(22)16-8-7-14-5-3-4-6-15(14)13-16/h3-8,13,17-19H,2,9-12H2,1H3/t17-,18+,19+/m1/s1. The normalized spacial score (nSPS) is 26.5. The lowest BCUT2D eigenvalue weighted by Crippen LogP contribution is -2.53. The van der Waals surface area contributed by atoms with Crippen LogP contribution in [0.25, 0.3) is 10.8 Å². The molecule has 24 heavy (non-hydrogen) atoms. The minimum atomic E-state index is 0.0168. The van der Waals surface area contributed by atoms with E-state index in [9.17, 15) is 4.79 Å². The third-order valence-corrected chi connectivity index (χ3v) is 5.17. The number of carbonyl (C=O) groups excluding carboxylic acids is 1. The summed E-state index contributed by atoms with van der Waals surface area (Å²) in [5.74, 6) is 0.108. The Morgan fingerprint density at radius 3 is 2.88 bits per heavy atom. The van der Waals surface area contributed by atoms with E-state index in [1.165, 1.54) is 0 Å². The Bertz CT molecular complexity index is 744. The third-order valence-electron chi connectivity index (χ3n) is 5.17. The predicted octanol–water partition coefficient (Wildman–Crippen LogP) is 3.25. The van der Waals surface area contributed by atoms with Crippen LogP contribution in [0.1, 0.15) is 30.1 Å². The second-order valence-corrected chi connectivity index (χ2v) is 6.53. The quantitative estimate of drug-likeness (QED) is 0.869. The number of amides is 1. The molecule has 1 aliphatic heterocycles. The third kappa shape index (κ3) is 2.70. The molecule has 1 saturated heterocycles. The molecule has 2 fully saturated rings. The van der Waals surface area contributed by atoms with E-state index in [-0.39, 0.29) is 24.2 Å². The first-order valence-corrected chi connectivity index (χ1v) is 8.81.